The van der Waals surface area contributed by atoms with Crippen LogP contribution in [0.2, 0.25) is 0 Å². The summed E-state index contributed by atoms with van der Waals surface area (Å²) in [6.45, 7) is 2.20. The summed E-state index contributed by atoms with van der Waals surface area (Å²) in [4.78, 5) is 30.0. The van der Waals surface area contributed by atoms with Gasteiger partial charge in [-0.15, -0.1) is 0 Å². The average Bonchev–Trinajstić information content (AvgIpc) is 2.75. The molecule has 0 unspecified atom stereocenters. The zero-order chi connectivity index (χ0) is 13.8. The third kappa shape index (κ3) is 4.15. The van der Waals surface area contributed by atoms with Crippen molar-refractivity contribution in [1.82, 2.24) is 14.8 Å². The monoisotopic (exact) mass is 348 g/mol. The largest absolute Gasteiger partial charge is 0.480 e. The fourth-order valence-electron chi connectivity index (χ4n) is 1.78. The fourth-order valence-corrected chi connectivity index (χ4v) is 2.88. The van der Waals surface area contributed by atoms with Crippen LogP contribution in [0.4, 0.5) is 9.93 Å². The van der Waals surface area contributed by atoms with Gasteiger partial charge in [0.05, 0.1) is 16.5 Å². The maximum atomic E-state index is 11.9. The number of aromatic nitrogens is 1. The first-order valence-electron chi connectivity index (χ1n) is 5.66. The molecule has 2 rings (SSSR count). The Bertz CT molecular complexity index is 473. The lowest BCUT2D eigenvalue weighted by molar-refractivity contribution is -0.138. The van der Waals surface area contributed by atoms with Crippen LogP contribution in [0, 0.1) is 0 Å². The van der Waals surface area contributed by atoms with E-state index in [1.165, 1.54) is 11.3 Å². The topological polar surface area (TPSA) is 85.8 Å². The fraction of sp³-hybridized carbons (Fsp3) is 0.500. The molecule has 1 aromatic heterocycles. The van der Waals surface area contributed by atoms with Crippen LogP contribution in [0.25, 0.3) is 0 Å². The van der Waals surface area contributed by atoms with E-state index >= 15 is 0 Å². The number of thiazole rings is 1. The average molecular weight is 349 g/mol. The van der Waals surface area contributed by atoms with Gasteiger partial charge in [-0.2, -0.15) is 0 Å². The number of aliphatic carboxylic acids is 1. The van der Waals surface area contributed by atoms with Crippen molar-refractivity contribution in [1.29, 1.82) is 0 Å². The van der Waals surface area contributed by atoms with Gasteiger partial charge in [0, 0.05) is 26.2 Å². The molecule has 1 saturated heterocycles. The van der Waals surface area contributed by atoms with Crippen molar-refractivity contribution in [3.05, 3.63) is 9.98 Å². The van der Waals surface area contributed by atoms with Gasteiger partial charge in [-0.25, -0.2) is 9.78 Å². The van der Waals surface area contributed by atoms with Crippen LogP contribution in [0.5, 0.6) is 0 Å². The number of piperazine rings is 1. The summed E-state index contributed by atoms with van der Waals surface area (Å²) in [5.74, 6) is -0.842. The SMILES string of the molecule is O=C(O)CN1CCN(C(=O)Nc2ncc(Br)s2)CC1. The van der Waals surface area contributed by atoms with Crippen LogP contribution in [0.3, 0.4) is 0 Å². The van der Waals surface area contributed by atoms with Crippen molar-refractivity contribution in [2.45, 2.75) is 0 Å². The third-order valence-corrected chi connectivity index (χ3v) is 4.10. The minimum Gasteiger partial charge on any atom is -0.480 e. The number of carboxylic acid groups (broad SMARTS) is 1. The summed E-state index contributed by atoms with van der Waals surface area (Å²) in [5.41, 5.74) is 0. The highest BCUT2D eigenvalue weighted by Crippen LogP contribution is 2.23. The summed E-state index contributed by atoms with van der Waals surface area (Å²) in [6.07, 6.45) is 1.63. The first-order chi connectivity index (χ1) is 9.04. The van der Waals surface area contributed by atoms with Crippen LogP contribution < -0.4 is 5.32 Å². The van der Waals surface area contributed by atoms with E-state index in [4.69, 9.17) is 5.11 Å². The third-order valence-electron chi connectivity index (χ3n) is 2.71. The molecule has 19 heavy (non-hydrogen) atoms. The van der Waals surface area contributed by atoms with Gasteiger partial charge in [-0.1, -0.05) is 11.3 Å². The lowest BCUT2D eigenvalue weighted by atomic mass is 10.3. The van der Waals surface area contributed by atoms with Gasteiger partial charge in [-0.05, 0) is 15.9 Å². The van der Waals surface area contributed by atoms with Gasteiger partial charge in [0.2, 0.25) is 0 Å². The summed E-state index contributed by atoms with van der Waals surface area (Å²) in [6, 6.07) is -0.197. The summed E-state index contributed by atoms with van der Waals surface area (Å²) < 4.78 is 0.856. The van der Waals surface area contributed by atoms with Gasteiger partial charge in [-0.3, -0.25) is 15.0 Å². The zero-order valence-electron chi connectivity index (χ0n) is 10.0. The molecule has 0 bridgehead atoms. The number of nitrogens with one attached hydrogen (secondary N) is 1. The second-order valence-corrected chi connectivity index (χ2v) is 6.47. The van der Waals surface area contributed by atoms with E-state index in [2.05, 4.69) is 26.2 Å². The van der Waals surface area contributed by atoms with Gasteiger partial charge < -0.3 is 10.0 Å². The Morgan fingerprint density at radius 1 is 1.42 bits per heavy atom. The van der Waals surface area contributed by atoms with Gasteiger partial charge in [0.25, 0.3) is 0 Å². The first kappa shape index (κ1) is 14.2. The Labute approximate surface area is 122 Å². The van der Waals surface area contributed by atoms with E-state index in [1.54, 1.807) is 11.1 Å². The molecule has 1 aromatic rings. The molecule has 0 spiro atoms. The minimum absolute atomic E-state index is 0.0227. The van der Waals surface area contributed by atoms with E-state index in [9.17, 15) is 9.59 Å². The molecule has 0 aliphatic carbocycles. The summed E-state index contributed by atoms with van der Waals surface area (Å²) >= 11 is 4.63. The highest BCUT2D eigenvalue weighted by molar-refractivity contribution is 9.11. The van der Waals surface area contributed by atoms with Gasteiger partial charge in [0.1, 0.15) is 0 Å². The van der Waals surface area contributed by atoms with Crippen molar-refractivity contribution in [2.75, 3.05) is 38.0 Å². The lowest BCUT2D eigenvalue weighted by Gasteiger charge is -2.33. The number of urea groups is 1. The highest BCUT2D eigenvalue weighted by atomic mass is 79.9. The molecule has 1 fully saturated rings. The maximum absolute atomic E-state index is 11.9. The number of hydrogen-bond acceptors (Lipinski definition) is 5. The van der Waals surface area contributed by atoms with Crippen molar-refractivity contribution in [3.8, 4) is 0 Å². The Morgan fingerprint density at radius 3 is 2.63 bits per heavy atom. The summed E-state index contributed by atoms with van der Waals surface area (Å²) in [7, 11) is 0. The van der Waals surface area contributed by atoms with E-state index in [0.29, 0.717) is 31.3 Å². The molecule has 2 heterocycles. The van der Waals surface area contributed by atoms with Gasteiger partial charge in [0.15, 0.2) is 5.13 Å². The molecular formula is C10H13BrN4O3S. The molecule has 1 aliphatic rings. The smallest absolute Gasteiger partial charge is 0.323 e. The number of carboxylic acids is 1. The minimum atomic E-state index is -0.842. The second kappa shape index (κ2) is 6.31. The molecule has 1 aliphatic heterocycles. The number of hydrogen-bond donors (Lipinski definition) is 2. The number of carbonyl (C=O) groups is 2. The second-order valence-electron chi connectivity index (χ2n) is 4.06. The summed E-state index contributed by atoms with van der Waals surface area (Å²) in [5, 5.41) is 12.0. The number of rotatable bonds is 3. The molecule has 0 radical (unpaired) electrons. The van der Waals surface area contributed by atoms with E-state index in [-0.39, 0.29) is 12.6 Å². The Balaban J connectivity index is 1.80. The number of anilines is 1. The Kier molecular flexibility index (Phi) is 4.72. The molecule has 0 saturated carbocycles. The number of nitrogens with zero attached hydrogens (tertiary/aromatic N) is 3. The number of carbonyl (C=O) groups excluding carboxylic acids is 1. The normalized spacial score (nSPS) is 16.4. The standard InChI is InChI=1S/C10H13BrN4O3S/c11-7-5-12-9(19-7)13-10(18)15-3-1-14(2-4-15)6-8(16)17/h5H,1-4,6H2,(H,16,17)(H,12,13,18). The quantitative estimate of drug-likeness (QED) is 0.855. The van der Waals surface area contributed by atoms with Crippen molar-refractivity contribution >= 4 is 44.4 Å². The molecule has 7 nitrogen and oxygen atoms in total. The predicted octanol–water partition coefficient (Wildman–Crippen LogP) is 1.14. The van der Waals surface area contributed by atoms with Crippen LogP contribution in [-0.2, 0) is 4.79 Å². The number of halogens is 1. The van der Waals surface area contributed by atoms with E-state index < -0.39 is 5.97 Å². The molecule has 104 valence electrons. The van der Waals surface area contributed by atoms with Crippen molar-refractivity contribution in [2.24, 2.45) is 0 Å². The predicted molar refractivity (Wildman–Crippen MR) is 74.5 cm³/mol. The highest BCUT2D eigenvalue weighted by Gasteiger charge is 2.22. The molecule has 0 atom stereocenters. The molecule has 9 heteroatoms. The molecule has 2 amide bonds. The van der Waals surface area contributed by atoms with Crippen LogP contribution in [0.15, 0.2) is 9.98 Å². The lowest BCUT2D eigenvalue weighted by Crippen LogP contribution is -2.51. The molecular weight excluding hydrogens is 336 g/mol. The first-order valence-corrected chi connectivity index (χ1v) is 7.27. The van der Waals surface area contributed by atoms with E-state index in [1.807, 2.05) is 4.90 Å². The molecule has 2 N–H and O–H groups in total. The van der Waals surface area contributed by atoms with Crippen molar-refractivity contribution in [3.63, 3.8) is 0 Å². The molecule has 0 aromatic carbocycles. The van der Waals surface area contributed by atoms with Crippen LogP contribution in [0.1, 0.15) is 0 Å². The number of amides is 2. The zero-order valence-corrected chi connectivity index (χ0v) is 12.4. The van der Waals surface area contributed by atoms with Crippen LogP contribution in [-0.4, -0.2) is 64.6 Å². The Hall–Kier alpha value is -1.19. The van der Waals surface area contributed by atoms with Crippen LogP contribution >= 0.6 is 27.3 Å². The van der Waals surface area contributed by atoms with Gasteiger partial charge >= 0.3 is 12.0 Å². The maximum Gasteiger partial charge on any atom is 0.323 e. The van der Waals surface area contributed by atoms with E-state index in [0.717, 1.165) is 3.79 Å². The van der Waals surface area contributed by atoms with Crippen molar-refractivity contribution < 1.29 is 14.7 Å². The Morgan fingerprint density at radius 2 is 2.11 bits per heavy atom.